The van der Waals surface area contributed by atoms with E-state index in [9.17, 15) is 9.59 Å². The van der Waals surface area contributed by atoms with Gasteiger partial charge in [0.05, 0.1) is 6.42 Å². The Balaban J connectivity index is 4.56. The molecule has 0 aromatic rings. The molecule has 0 aliphatic carbocycles. The van der Waals surface area contributed by atoms with E-state index in [2.05, 4.69) is 0 Å². The maximum Gasteiger partial charge on any atom is 0.330 e. The summed E-state index contributed by atoms with van der Waals surface area (Å²) in [7, 11) is 0. The molecule has 0 atom stereocenters. The first-order valence-electron chi connectivity index (χ1n) is 3.89. The maximum atomic E-state index is 10.4. The molecule has 0 radical (unpaired) electrons. The standard InChI is InChI=1S/C9H14O4/c1-6(8(12)13)4-9(2,3)5-7(10)11/h4H,5H2,1-3H3,(H,10,11)(H,12,13)/b6-4+. The molecule has 13 heavy (non-hydrogen) atoms. The molecule has 0 rings (SSSR count). The van der Waals surface area contributed by atoms with Crippen molar-refractivity contribution in [1.29, 1.82) is 0 Å². The number of carbonyl (C=O) groups is 2. The first-order chi connectivity index (χ1) is 5.74. The van der Waals surface area contributed by atoms with Gasteiger partial charge in [-0.2, -0.15) is 0 Å². The fraction of sp³-hybridized carbons (Fsp3) is 0.556. The highest BCUT2D eigenvalue weighted by molar-refractivity contribution is 5.86. The highest BCUT2D eigenvalue weighted by atomic mass is 16.4. The van der Waals surface area contributed by atoms with Gasteiger partial charge in [-0.1, -0.05) is 19.9 Å². The molecule has 2 N–H and O–H groups in total. The van der Waals surface area contributed by atoms with Crippen LogP contribution in [0, 0.1) is 5.41 Å². The fourth-order valence-electron chi connectivity index (χ4n) is 1.09. The quantitative estimate of drug-likeness (QED) is 0.653. The molecule has 0 aliphatic rings. The highest BCUT2D eigenvalue weighted by Crippen LogP contribution is 2.23. The van der Waals surface area contributed by atoms with E-state index in [4.69, 9.17) is 10.2 Å². The predicted molar refractivity (Wildman–Crippen MR) is 47.4 cm³/mol. The second-order valence-corrected chi connectivity index (χ2v) is 3.69. The average molecular weight is 186 g/mol. The Morgan fingerprint density at radius 2 is 1.77 bits per heavy atom. The molecule has 0 saturated heterocycles. The number of rotatable bonds is 4. The third-order valence-electron chi connectivity index (χ3n) is 1.55. The molecule has 0 unspecified atom stereocenters. The van der Waals surface area contributed by atoms with Crippen molar-refractivity contribution in [3.8, 4) is 0 Å². The minimum absolute atomic E-state index is 0.0718. The van der Waals surface area contributed by atoms with Crippen molar-refractivity contribution in [2.45, 2.75) is 27.2 Å². The van der Waals surface area contributed by atoms with E-state index >= 15 is 0 Å². The minimum Gasteiger partial charge on any atom is -0.481 e. The van der Waals surface area contributed by atoms with E-state index in [0.717, 1.165) is 0 Å². The van der Waals surface area contributed by atoms with Crippen LogP contribution in [0.15, 0.2) is 11.6 Å². The fourth-order valence-corrected chi connectivity index (χ4v) is 1.09. The van der Waals surface area contributed by atoms with E-state index in [-0.39, 0.29) is 12.0 Å². The molecule has 0 heterocycles. The molecule has 0 fully saturated rings. The number of hydrogen-bond donors (Lipinski definition) is 2. The van der Waals surface area contributed by atoms with Gasteiger partial charge in [-0.25, -0.2) is 4.79 Å². The Morgan fingerprint density at radius 3 is 2.08 bits per heavy atom. The van der Waals surface area contributed by atoms with Gasteiger partial charge in [0, 0.05) is 5.57 Å². The summed E-state index contributed by atoms with van der Waals surface area (Å²) in [4.78, 5) is 20.8. The smallest absolute Gasteiger partial charge is 0.330 e. The Hall–Kier alpha value is -1.32. The SMILES string of the molecule is C/C(=C\C(C)(C)CC(=O)O)C(=O)O. The third kappa shape index (κ3) is 5.00. The first kappa shape index (κ1) is 11.7. The summed E-state index contributed by atoms with van der Waals surface area (Å²) in [5, 5.41) is 17.1. The topological polar surface area (TPSA) is 74.6 Å². The molecular weight excluding hydrogens is 172 g/mol. The summed E-state index contributed by atoms with van der Waals surface area (Å²) in [5.41, 5.74) is -0.444. The average Bonchev–Trinajstić information content (AvgIpc) is 1.81. The molecule has 4 heteroatoms. The lowest BCUT2D eigenvalue weighted by molar-refractivity contribution is -0.139. The van der Waals surface area contributed by atoms with Crippen LogP contribution in [-0.4, -0.2) is 22.2 Å². The number of allylic oxidation sites excluding steroid dienone is 1. The summed E-state index contributed by atoms with van der Waals surface area (Å²) in [5.74, 6) is -1.95. The second-order valence-electron chi connectivity index (χ2n) is 3.69. The van der Waals surface area contributed by atoms with Gasteiger partial charge in [-0.15, -0.1) is 0 Å². The molecule has 74 valence electrons. The minimum atomic E-state index is -1.02. The van der Waals surface area contributed by atoms with Crippen LogP contribution >= 0.6 is 0 Å². The molecule has 4 nitrogen and oxygen atoms in total. The van der Waals surface area contributed by atoms with Gasteiger partial charge in [0.25, 0.3) is 0 Å². The van der Waals surface area contributed by atoms with Gasteiger partial charge in [0.1, 0.15) is 0 Å². The van der Waals surface area contributed by atoms with Crippen LogP contribution in [0.25, 0.3) is 0 Å². The molecule has 0 spiro atoms. The molecule has 0 amide bonds. The van der Waals surface area contributed by atoms with Crippen molar-refractivity contribution in [2.75, 3.05) is 0 Å². The summed E-state index contributed by atoms with van der Waals surface area (Å²) < 4.78 is 0. The second kappa shape index (κ2) is 4.07. The summed E-state index contributed by atoms with van der Waals surface area (Å²) in [6, 6.07) is 0. The van der Waals surface area contributed by atoms with Crippen LogP contribution in [0.2, 0.25) is 0 Å². The van der Waals surface area contributed by atoms with Gasteiger partial charge in [-0.3, -0.25) is 4.79 Å². The lowest BCUT2D eigenvalue weighted by Crippen LogP contribution is -2.15. The number of hydrogen-bond acceptors (Lipinski definition) is 2. The Bertz CT molecular complexity index is 250. The van der Waals surface area contributed by atoms with Crippen molar-refractivity contribution in [3.05, 3.63) is 11.6 Å². The molecule has 0 aromatic carbocycles. The van der Waals surface area contributed by atoms with E-state index in [0.29, 0.717) is 0 Å². The predicted octanol–water partition coefficient (Wildman–Crippen LogP) is 1.52. The van der Waals surface area contributed by atoms with Crippen LogP contribution < -0.4 is 0 Å². The Kier molecular flexibility index (Phi) is 3.66. The lowest BCUT2D eigenvalue weighted by atomic mass is 9.87. The summed E-state index contributed by atoms with van der Waals surface area (Å²) in [6.07, 6.45) is 1.39. The van der Waals surface area contributed by atoms with Gasteiger partial charge in [-0.05, 0) is 12.3 Å². The molecule has 0 aliphatic heterocycles. The van der Waals surface area contributed by atoms with Crippen LogP contribution in [-0.2, 0) is 9.59 Å². The Morgan fingerprint density at radius 1 is 1.31 bits per heavy atom. The zero-order valence-electron chi connectivity index (χ0n) is 8.00. The largest absolute Gasteiger partial charge is 0.481 e. The molecule has 0 aromatic heterocycles. The van der Waals surface area contributed by atoms with Gasteiger partial charge >= 0.3 is 11.9 Å². The van der Waals surface area contributed by atoms with Crippen molar-refractivity contribution >= 4 is 11.9 Å². The van der Waals surface area contributed by atoms with Crippen LogP contribution in [0.3, 0.4) is 0 Å². The number of aliphatic carboxylic acids is 2. The highest BCUT2D eigenvalue weighted by Gasteiger charge is 2.20. The number of carboxylic acids is 2. The van der Waals surface area contributed by atoms with Crippen LogP contribution in [0.1, 0.15) is 27.2 Å². The van der Waals surface area contributed by atoms with Crippen molar-refractivity contribution < 1.29 is 19.8 Å². The Labute approximate surface area is 76.9 Å². The maximum absolute atomic E-state index is 10.4. The van der Waals surface area contributed by atoms with Crippen molar-refractivity contribution in [1.82, 2.24) is 0 Å². The van der Waals surface area contributed by atoms with E-state index in [1.165, 1.54) is 13.0 Å². The molecular formula is C9H14O4. The zero-order valence-corrected chi connectivity index (χ0v) is 8.00. The zero-order chi connectivity index (χ0) is 10.6. The van der Waals surface area contributed by atoms with Crippen LogP contribution in [0.5, 0.6) is 0 Å². The van der Waals surface area contributed by atoms with Crippen molar-refractivity contribution in [3.63, 3.8) is 0 Å². The molecule has 0 saturated carbocycles. The van der Waals surface area contributed by atoms with Crippen LogP contribution in [0.4, 0.5) is 0 Å². The summed E-state index contributed by atoms with van der Waals surface area (Å²) >= 11 is 0. The lowest BCUT2D eigenvalue weighted by Gasteiger charge is -2.17. The van der Waals surface area contributed by atoms with E-state index in [1.54, 1.807) is 13.8 Å². The van der Waals surface area contributed by atoms with E-state index < -0.39 is 17.4 Å². The van der Waals surface area contributed by atoms with E-state index in [1.807, 2.05) is 0 Å². The third-order valence-corrected chi connectivity index (χ3v) is 1.55. The van der Waals surface area contributed by atoms with Gasteiger partial charge in [0.15, 0.2) is 0 Å². The van der Waals surface area contributed by atoms with Crippen molar-refractivity contribution in [2.24, 2.45) is 5.41 Å². The number of carboxylic acid groups (broad SMARTS) is 2. The van der Waals surface area contributed by atoms with Gasteiger partial charge < -0.3 is 10.2 Å². The summed E-state index contributed by atoms with van der Waals surface area (Å²) in [6.45, 7) is 4.83. The molecule has 0 bridgehead atoms. The monoisotopic (exact) mass is 186 g/mol. The van der Waals surface area contributed by atoms with Gasteiger partial charge in [0.2, 0.25) is 0 Å². The normalized spacial score (nSPS) is 12.7. The first-order valence-corrected chi connectivity index (χ1v) is 3.89.